The molecule has 1 fully saturated rings. The first kappa shape index (κ1) is 6.89. The smallest absolute Gasteiger partial charge is 0.0975 e. The summed E-state index contributed by atoms with van der Waals surface area (Å²) >= 11 is 0. The maximum absolute atomic E-state index is 7.93. The highest BCUT2D eigenvalue weighted by molar-refractivity contribution is 5.85. The van der Waals surface area contributed by atoms with Gasteiger partial charge >= 0.3 is 0 Å². The van der Waals surface area contributed by atoms with Gasteiger partial charge in [0, 0.05) is 12.1 Å². The molecule has 1 N–H and O–H groups in total. The Morgan fingerprint density at radius 3 is 2.60 bits per heavy atom. The van der Waals surface area contributed by atoms with Crippen molar-refractivity contribution < 1.29 is 11.6 Å². The molecule has 0 radical (unpaired) electrons. The van der Waals surface area contributed by atoms with Crippen molar-refractivity contribution in [1.29, 1.82) is 0 Å². The van der Waals surface area contributed by atoms with Gasteiger partial charge in [-0.3, -0.25) is 0 Å². The molecule has 1 aliphatic rings. The topological polar surface area (TPSA) is 21.3 Å². The normalized spacial score (nSPS) is 35.3. The van der Waals surface area contributed by atoms with E-state index in [2.05, 4.69) is 5.32 Å². The first-order chi connectivity index (χ1) is 8.84. The minimum absolute atomic E-state index is 0. The van der Waals surface area contributed by atoms with E-state index in [1.54, 1.807) is 0 Å². The molecule has 2 nitrogen and oxygen atoms in total. The fourth-order valence-electron chi connectivity index (χ4n) is 1.71. The third-order valence-corrected chi connectivity index (χ3v) is 2.33. The molecular formula is C12H18ClNO. The van der Waals surface area contributed by atoms with Crippen LogP contribution in [0.4, 0.5) is 0 Å². The third kappa shape index (κ3) is 2.94. The average molecular weight is 233 g/mol. The number of morpholine rings is 1. The lowest BCUT2D eigenvalue weighted by Crippen LogP contribution is -2.47. The standard InChI is InChI=1S/C12H17NO.ClH/c1-9-8-14-12(10(2)13-9)11-6-4-3-5-7-11;/h3-7,9-10,12-13H,8H2,1-2H3;1H/i3D,4D,5D,6D,7D;. The van der Waals surface area contributed by atoms with Gasteiger partial charge in [-0.2, -0.15) is 0 Å². The van der Waals surface area contributed by atoms with Crippen molar-refractivity contribution in [1.82, 2.24) is 5.32 Å². The highest BCUT2D eigenvalue weighted by Gasteiger charge is 2.26. The number of nitrogens with one attached hydrogen (secondary N) is 1. The van der Waals surface area contributed by atoms with E-state index >= 15 is 0 Å². The molecule has 0 bridgehead atoms. The van der Waals surface area contributed by atoms with Gasteiger partial charge in [0.05, 0.1) is 19.6 Å². The Morgan fingerprint density at radius 1 is 1.33 bits per heavy atom. The number of benzene rings is 1. The van der Waals surface area contributed by atoms with E-state index in [-0.39, 0.29) is 60.3 Å². The molecular weight excluding hydrogens is 210 g/mol. The van der Waals surface area contributed by atoms with Crippen LogP contribution in [-0.4, -0.2) is 18.7 Å². The minimum Gasteiger partial charge on any atom is -0.370 e. The second-order valence-electron chi connectivity index (χ2n) is 3.65. The fraction of sp³-hybridized carbons (Fsp3) is 0.500. The number of rotatable bonds is 1. The van der Waals surface area contributed by atoms with Crippen molar-refractivity contribution in [3.63, 3.8) is 0 Å². The summed E-state index contributed by atoms with van der Waals surface area (Å²) in [6, 6.07) is -1.28. The monoisotopic (exact) mass is 232 g/mol. The maximum atomic E-state index is 7.93. The molecule has 15 heavy (non-hydrogen) atoms. The molecule has 1 aromatic rings. The third-order valence-electron chi connectivity index (χ3n) is 2.33. The van der Waals surface area contributed by atoms with Crippen LogP contribution < -0.4 is 5.32 Å². The summed E-state index contributed by atoms with van der Waals surface area (Å²) in [5.74, 6) is 0. The van der Waals surface area contributed by atoms with Crippen LogP contribution in [0.1, 0.15) is 32.4 Å². The molecule has 2 rings (SSSR count). The van der Waals surface area contributed by atoms with Crippen molar-refractivity contribution in [3.05, 3.63) is 35.8 Å². The lowest BCUT2D eigenvalue weighted by atomic mass is 10.0. The molecule has 3 heteroatoms. The zero-order chi connectivity index (χ0) is 14.3. The Hall–Kier alpha value is -0.570. The van der Waals surface area contributed by atoms with Crippen LogP contribution in [-0.2, 0) is 4.74 Å². The molecule has 0 aromatic heterocycles. The molecule has 0 amide bonds. The summed E-state index contributed by atoms with van der Waals surface area (Å²) in [7, 11) is 0. The van der Waals surface area contributed by atoms with Gasteiger partial charge in [-0.05, 0) is 19.4 Å². The predicted molar refractivity (Wildman–Crippen MR) is 64.4 cm³/mol. The van der Waals surface area contributed by atoms with Crippen LogP contribution in [0.5, 0.6) is 0 Å². The first-order valence-corrected chi connectivity index (χ1v) is 4.79. The summed E-state index contributed by atoms with van der Waals surface area (Å²) in [6.45, 7) is 4.33. The van der Waals surface area contributed by atoms with Crippen molar-refractivity contribution >= 4 is 12.4 Å². The van der Waals surface area contributed by atoms with E-state index in [1.807, 2.05) is 13.8 Å². The zero-order valence-electron chi connectivity index (χ0n) is 13.8. The van der Waals surface area contributed by atoms with Gasteiger partial charge in [0.25, 0.3) is 0 Å². The highest BCUT2D eigenvalue weighted by atomic mass is 35.5. The first-order valence-electron chi connectivity index (χ1n) is 7.29. The number of hydrogen-bond acceptors (Lipinski definition) is 2. The highest BCUT2D eigenvalue weighted by Crippen LogP contribution is 2.24. The largest absolute Gasteiger partial charge is 0.370 e. The Morgan fingerprint density at radius 2 is 2.00 bits per heavy atom. The van der Waals surface area contributed by atoms with Gasteiger partial charge in [0.15, 0.2) is 0 Å². The van der Waals surface area contributed by atoms with Crippen LogP contribution in [0.3, 0.4) is 0 Å². The van der Waals surface area contributed by atoms with Gasteiger partial charge in [-0.15, -0.1) is 12.4 Å². The van der Waals surface area contributed by atoms with E-state index in [4.69, 9.17) is 11.6 Å². The van der Waals surface area contributed by atoms with Crippen molar-refractivity contribution in [3.8, 4) is 0 Å². The van der Waals surface area contributed by atoms with Crippen LogP contribution in [0.2, 0.25) is 0 Å². The molecule has 84 valence electrons. The van der Waals surface area contributed by atoms with Crippen LogP contribution in [0.15, 0.2) is 30.2 Å². The van der Waals surface area contributed by atoms with Gasteiger partial charge in [-0.1, -0.05) is 30.2 Å². The van der Waals surface area contributed by atoms with E-state index in [1.165, 1.54) is 0 Å². The minimum atomic E-state index is -0.523. The van der Waals surface area contributed by atoms with Gasteiger partial charge in [0.1, 0.15) is 0 Å². The molecule has 0 spiro atoms. The average Bonchev–Trinajstić information content (AvgIpc) is 2.37. The second kappa shape index (κ2) is 5.50. The van der Waals surface area contributed by atoms with E-state index in [0.29, 0.717) is 6.61 Å². The maximum Gasteiger partial charge on any atom is 0.0975 e. The molecule has 1 aliphatic heterocycles. The summed E-state index contributed by atoms with van der Waals surface area (Å²) < 4.78 is 44.5. The van der Waals surface area contributed by atoms with E-state index in [9.17, 15) is 0 Å². The van der Waals surface area contributed by atoms with E-state index in [0.717, 1.165) is 0 Å². The lowest BCUT2D eigenvalue weighted by molar-refractivity contribution is -0.0207. The van der Waals surface area contributed by atoms with Crippen molar-refractivity contribution in [2.75, 3.05) is 6.61 Å². The summed E-state index contributed by atoms with van der Waals surface area (Å²) in [5.41, 5.74) is 0.234. The summed E-state index contributed by atoms with van der Waals surface area (Å²) in [6.07, 6.45) is -0.523. The van der Waals surface area contributed by atoms with Crippen LogP contribution >= 0.6 is 12.4 Å². The van der Waals surface area contributed by atoms with Crippen molar-refractivity contribution in [2.24, 2.45) is 0 Å². The Bertz CT molecular complexity index is 484. The summed E-state index contributed by atoms with van der Waals surface area (Å²) in [4.78, 5) is 0. The summed E-state index contributed by atoms with van der Waals surface area (Å²) in [5, 5.41) is 3.27. The molecule has 3 atom stereocenters. The SMILES string of the molecule is Cl.[2H]c1c([2H])c([2H])c(C2OCC(C)NC2C)c([2H])c1[2H]. The predicted octanol–water partition coefficient (Wildman–Crippen LogP) is 2.55. The van der Waals surface area contributed by atoms with Crippen LogP contribution in [0.25, 0.3) is 0 Å². The van der Waals surface area contributed by atoms with Gasteiger partial charge in [0.2, 0.25) is 0 Å². The molecule has 0 aliphatic carbocycles. The molecule has 0 saturated carbocycles. The second-order valence-corrected chi connectivity index (χ2v) is 3.65. The van der Waals surface area contributed by atoms with Gasteiger partial charge < -0.3 is 10.1 Å². The fourth-order valence-corrected chi connectivity index (χ4v) is 1.71. The lowest BCUT2D eigenvalue weighted by Gasteiger charge is -2.34. The van der Waals surface area contributed by atoms with Gasteiger partial charge in [-0.25, -0.2) is 0 Å². The molecule has 3 unspecified atom stereocenters. The zero-order valence-corrected chi connectivity index (χ0v) is 9.57. The Labute approximate surface area is 104 Å². The molecule has 1 saturated heterocycles. The number of ether oxygens (including phenoxy) is 1. The number of halogens is 1. The number of hydrogen-bond donors (Lipinski definition) is 1. The Balaban J connectivity index is 0.00000200. The Kier molecular flexibility index (Phi) is 2.53. The quantitative estimate of drug-likeness (QED) is 0.804. The molecule has 1 aromatic carbocycles. The van der Waals surface area contributed by atoms with Crippen molar-refractivity contribution in [2.45, 2.75) is 32.0 Å². The van der Waals surface area contributed by atoms with Crippen LogP contribution in [0, 0.1) is 0 Å². The molecule has 1 heterocycles. The van der Waals surface area contributed by atoms with E-state index < -0.39 is 6.10 Å².